The highest BCUT2D eigenvalue weighted by Crippen LogP contribution is 2.45. The summed E-state index contributed by atoms with van der Waals surface area (Å²) >= 11 is 0. The molecule has 0 amide bonds. The monoisotopic (exact) mass is 226 g/mol. The van der Waals surface area contributed by atoms with Gasteiger partial charge in [0, 0.05) is 19.6 Å². The third kappa shape index (κ3) is 2.07. The first-order valence-electron chi connectivity index (χ1n) is 4.56. The average Bonchev–Trinajstić information content (AvgIpc) is 2.49. The van der Waals surface area contributed by atoms with E-state index < -0.39 is 30.5 Å². The topological polar surface area (TPSA) is 66.6 Å². The molecule has 1 fully saturated rings. The van der Waals surface area contributed by atoms with Crippen molar-refractivity contribution in [2.45, 2.75) is 12.6 Å². The lowest BCUT2D eigenvalue weighted by molar-refractivity contribution is -0.227. The maximum absolute atomic E-state index is 12.6. The molecule has 15 heavy (non-hydrogen) atoms. The lowest BCUT2D eigenvalue weighted by Gasteiger charge is -2.27. The van der Waals surface area contributed by atoms with Crippen molar-refractivity contribution in [2.24, 2.45) is 11.1 Å². The fourth-order valence-corrected chi connectivity index (χ4v) is 1.79. The maximum Gasteiger partial charge on any atom is 0.406 e. The Morgan fingerprint density at radius 3 is 2.47 bits per heavy atom. The Morgan fingerprint density at radius 2 is 2.13 bits per heavy atom. The molecule has 0 aliphatic carbocycles. The second kappa shape index (κ2) is 3.97. The molecule has 1 heterocycles. The number of nitrogens with zero attached hydrogens (tertiary/aromatic N) is 1. The highest BCUT2D eigenvalue weighted by Gasteiger charge is 2.63. The summed E-state index contributed by atoms with van der Waals surface area (Å²) in [4.78, 5) is 12.2. The van der Waals surface area contributed by atoms with Crippen molar-refractivity contribution >= 4 is 5.97 Å². The number of carboxylic acids is 1. The number of carboxylic acid groups (broad SMARTS) is 1. The highest BCUT2D eigenvalue weighted by atomic mass is 19.4. The predicted octanol–water partition coefficient (Wildman–Crippen LogP) is 0.284. The number of hydrogen-bond acceptors (Lipinski definition) is 3. The van der Waals surface area contributed by atoms with Crippen LogP contribution in [0.1, 0.15) is 6.42 Å². The van der Waals surface area contributed by atoms with Crippen LogP contribution in [0.5, 0.6) is 0 Å². The Morgan fingerprint density at radius 1 is 1.53 bits per heavy atom. The lowest BCUT2D eigenvalue weighted by Crippen LogP contribution is -2.47. The van der Waals surface area contributed by atoms with Gasteiger partial charge in [0.15, 0.2) is 5.41 Å². The Hall–Kier alpha value is -0.820. The fraction of sp³-hybridized carbons (Fsp3) is 0.875. The second-order valence-corrected chi connectivity index (χ2v) is 3.70. The first kappa shape index (κ1) is 12.3. The van der Waals surface area contributed by atoms with Gasteiger partial charge < -0.3 is 15.7 Å². The summed E-state index contributed by atoms with van der Waals surface area (Å²) in [6.07, 6.45) is -5.10. The zero-order valence-electron chi connectivity index (χ0n) is 8.05. The van der Waals surface area contributed by atoms with Crippen LogP contribution in [0.25, 0.3) is 0 Å². The van der Waals surface area contributed by atoms with Gasteiger partial charge in [0.1, 0.15) is 0 Å². The van der Waals surface area contributed by atoms with E-state index in [4.69, 9.17) is 10.8 Å². The van der Waals surface area contributed by atoms with E-state index in [1.54, 1.807) is 0 Å². The smallest absolute Gasteiger partial charge is 0.406 e. The minimum atomic E-state index is -4.71. The Bertz CT molecular complexity index is 257. The molecule has 0 radical (unpaired) electrons. The molecule has 1 aliphatic heterocycles. The molecule has 0 aromatic heterocycles. The van der Waals surface area contributed by atoms with Crippen LogP contribution in [0.2, 0.25) is 0 Å². The van der Waals surface area contributed by atoms with Crippen LogP contribution < -0.4 is 5.73 Å². The zero-order chi connectivity index (χ0) is 11.7. The van der Waals surface area contributed by atoms with Gasteiger partial charge in [-0.2, -0.15) is 13.2 Å². The van der Waals surface area contributed by atoms with Gasteiger partial charge in [0.25, 0.3) is 0 Å². The molecule has 1 atom stereocenters. The van der Waals surface area contributed by atoms with Crippen LogP contribution in [-0.2, 0) is 4.79 Å². The van der Waals surface area contributed by atoms with Gasteiger partial charge in [-0.3, -0.25) is 4.79 Å². The summed E-state index contributed by atoms with van der Waals surface area (Å²) in [5.74, 6) is -1.80. The quantitative estimate of drug-likeness (QED) is 0.725. The van der Waals surface area contributed by atoms with Gasteiger partial charge in [-0.25, -0.2) is 0 Å². The average molecular weight is 226 g/mol. The van der Waals surface area contributed by atoms with Crippen LogP contribution in [0, 0.1) is 5.41 Å². The lowest BCUT2D eigenvalue weighted by atomic mass is 9.86. The fourth-order valence-electron chi connectivity index (χ4n) is 1.79. The van der Waals surface area contributed by atoms with E-state index in [-0.39, 0.29) is 13.1 Å². The van der Waals surface area contributed by atoms with Crippen molar-refractivity contribution in [3.05, 3.63) is 0 Å². The van der Waals surface area contributed by atoms with E-state index >= 15 is 0 Å². The molecular formula is C8H13F3N2O2. The van der Waals surface area contributed by atoms with E-state index in [2.05, 4.69) is 0 Å². The van der Waals surface area contributed by atoms with E-state index in [1.165, 1.54) is 4.90 Å². The van der Waals surface area contributed by atoms with Gasteiger partial charge in [0.05, 0.1) is 0 Å². The number of aliphatic carboxylic acids is 1. The van der Waals surface area contributed by atoms with E-state index in [1.807, 2.05) is 0 Å². The number of likely N-dealkylation sites (tertiary alicyclic amines) is 1. The third-order valence-electron chi connectivity index (χ3n) is 2.75. The summed E-state index contributed by atoms with van der Waals surface area (Å²) in [6, 6.07) is 0. The largest absolute Gasteiger partial charge is 0.481 e. The number of alkyl halides is 3. The van der Waals surface area contributed by atoms with Gasteiger partial charge in [-0.05, 0) is 13.0 Å². The summed E-state index contributed by atoms with van der Waals surface area (Å²) in [5.41, 5.74) is 2.60. The first-order chi connectivity index (χ1) is 6.83. The van der Waals surface area contributed by atoms with Gasteiger partial charge in [-0.15, -0.1) is 0 Å². The van der Waals surface area contributed by atoms with Crippen LogP contribution in [-0.4, -0.2) is 48.3 Å². The van der Waals surface area contributed by atoms with Gasteiger partial charge in [0.2, 0.25) is 0 Å². The van der Waals surface area contributed by atoms with Crippen molar-refractivity contribution in [1.29, 1.82) is 0 Å². The molecule has 1 aliphatic rings. The van der Waals surface area contributed by atoms with Crippen molar-refractivity contribution < 1.29 is 23.1 Å². The zero-order valence-corrected chi connectivity index (χ0v) is 8.05. The number of rotatable bonds is 3. The van der Waals surface area contributed by atoms with Crippen LogP contribution >= 0.6 is 0 Å². The maximum atomic E-state index is 12.6. The Kier molecular flexibility index (Phi) is 3.25. The molecule has 3 N–H and O–H groups in total. The third-order valence-corrected chi connectivity index (χ3v) is 2.75. The number of carbonyl (C=O) groups is 1. The summed E-state index contributed by atoms with van der Waals surface area (Å²) in [7, 11) is 0. The summed E-state index contributed by atoms with van der Waals surface area (Å²) < 4.78 is 37.9. The molecule has 88 valence electrons. The molecule has 0 saturated carbocycles. The molecule has 7 heteroatoms. The predicted molar refractivity (Wildman–Crippen MR) is 46.2 cm³/mol. The Labute approximate surface area is 84.8 Å². The molecule has 0 spiro atoms. The second-order valence-electron chi connectivity index (χ2n) is 3.70. The van der Waals surface area contributed by atoms with Crippen LogP contribution in [0.15, 0.2) is 0 Å². The summed E-state index contributed by atoms with van der Waals surface area (Å²) in [6.45, 7) is 0.157. The molecular weight excluding hydrogens is 213 g/mol. The normalized spacial score (nSPS) is 28.3. The summed E-state index contributed by atoms with van der Waals surface area (Å²) in [5, 5.41) is 8.71. The molecule has 1 unspecified atom stereocenters. The van der Waals surface area contributed by atoms with E-state index in [0.717, 1.165) is 0 Å². The van der Waals surface area contributed by atoms with Gasteiger partial charge >= 0.3 is 12.1 Å². The highest BCUT2D eigenvalue weighted by molar-refractivity contribution is 5.76. The molecule has 0 aromatic carbocycles. The van der Waals surface area contributed by atoms with Crippen LogP contribution in [0.4, 0.5) is 13.2 Å². The van der Waals surface area contributed by atoms with E-state index in [0.29, 0.717) is 6.54 Å². The van der Waals surface area contributed by atoms with Crippen molar-refractivity contribution in [3.8, 4) is 0 Å². The number of halogens is 3. The molecule has 0 bridgehead atoms. The Balaban J connectivity index is 2.84. The number of nitrogens with two attached hydrogens (primary N) is 1. The molecule has 0 aromatic rings. The molecule has 1 saturated heterocycles. The van der Waals surface area contributed by atoms with Crippen LogP contribution in [0.3, 0.4) is 0 Å². The SMILES string of the molecule is NCCN1CCC(C(=O)O)(C(F)(F)F)C1. The first-order valence-corrected chi connectivity index (χ1v) is 4.56. The standard InChI is InChI=1S/C8H13F3N2O2/c9-8(10,11)7(6(14)15)1-3-13(5-7)4-2-12/h1-5,12H2,(H,14,15). The van der Waals surface area contributed by atoms with Crippen molar-refractivity contribution in [2.75, 3.05) is 26.2 Å². The van der Waals surface area contributed by atoms with Crippen molar-refractivity contribution in [1.82, 2.24) is 4.90 Å². The number of hydrogen-bond donors (Lipinski definition) is 2. The minimum absolute atomic E-state index is 0.128. The minimum Gasteiger partial charge on any atom is -0.481 e. The molecule has 1 rings (SSSR count). The molecule has 4 nitrogen and oxygen atoms in total. The van der Waals surface area contributed by atoms with E-state index in [9.17, 15) is 18.0 Å². The van der Waals surface area contributed by atoms with Gasteiger partial charge in [-0.1, -0.05) is 0 Å². The van der Waals surface area contributed by atoms with Crippen molar-refractivity contribution in [3.63, 3.8) is 0 Å².